The zero-order valence-electron chi connectivity index (χ0n) is 9.36. The van der Waals surface area contributed by atoms with E-state index in [1.54, 1.807) is 12.4 Å². The van der Waals surface area contributed by atoms with Crippen LogP contribution in [0, 0.1) is 0 Å². The lowest BCUT2D eigenvalue weighted by Gasteiger charge is -2.23. The molecular formula is C11H16N4. The van der Waals surface area contributed by atoms with Crippen molar-refractivity contribution in [2.45, 2.75) is 25.8 Å². The van der Waals surface area contributed by atoms with E-state index in [-0.39, 0.29) is 5.54 Å². The van der Waals surface area contributed by atoms with Crippen LogP contribution in [0.2, 0.25) is 0 Å². The summed E-state index contributed by atoms with van der Waals surface area (Å²) in [4.78, 5) is 8.35. The van der Waals surface area contributed by atoms with Gasteiger partial charge in [0.15, 0.2) is 5.65 Å². The Morgan fingerprint density at radius 3 is 2.93 bits per heavy atom. The van der Waals surface area contributed by atoms with E-state index in [1.165, 1.54) is 5.69 Å². The Bertz CT molecular complexity index is 458. The summed E-state index contributed by atoms with van der Waals surface area (Å²) in [6.07, 6.45) is 8.36. The maximum Gasteiger partial charge on any atom is 0.155 e. The molecule has 0 spiro atoms. The molecule has 0 fully saturated rings. The van der Waals surface area contributed by atoms with Crippen molar-refractivity contribution < 1.29 is 0 Å². The first-order valence-electron chi connectivity index (χ1n) is 5.07. The van der Waals surface area contributed by atoms with Crippen molar-refractivity contribution in [2.75, 3.05) is 7.05 Å². The van der Waals surface area contributed by atoms with Crippen molar-refractivity contribution in [3.63, 3.8) is 0 Å². The summed E-state index contributed by atoms with van der Waals surface area (Å²) >= 11 is 0. The van der Waals surface area contributed by atoms with Crippen LogP contribution in [0.15, 0.2) is 24.8 Å². The van der Waals surface area contributed by atoms with Gasteiger partial charge in [-0.25, -0.2) is 4.98 Å². The van der Waals surface area contributed by atoms with Crippen molar-refractivity contribution >= 4 is 5.65 Å². The summed E-state index contributed by atoms with van der Waals surface area (Å²) in [7, 11) is 1.98. The molecule has 80 valence electrons. The Balaban J connectivity index is 2.37. The van der Waals surface area contributed by atoms with Gasteiger partial charge in [0.25, 0.3) is 0 Å². The molecule has 2 rings (SSSR count). The molecule has 0 amide bonds. The number of nitrogens with zero attached hydrogens (tertiary/aromatic N) is 3. The van der Waals surface area contributed by atoms with Crippen molar-refractivity contribution in [3.8, 4) is 0 Å². The lowest BCUT2D eigenvalue weighted by molar-refractivity contribution is 0.417. The third kappa shape index (κ3) is 1.99. The fourth-order valence-corrected chi connectivity index (χ4v) is 1.57. The largest absolute Gasteiger partial charge is 0.314 e. The molecule has 0 atom stereocenters. The molecule has 0 aromatic carbocycles. The minimum absolute atomic E-state index is 0.0826. The molecule has 0 saturated heterocycles. The van der Waals surface area contributed by atoms with Crippen LogP contribution >= 0.6 is 0 Å². The van der Waals surface area contributed by atoms with E-state index in [0.717, 1.165) is 12.1 Å². The highest BCUT2D eigenvalue weighted by Gasteiger charge is 2.17. The van der Waals surface area contributed by atoms with Gasteiger partial charge in [-0.3, -0.25) is 4.98 Å². The number of imidazole rings is 1. The molecule has 1 N–H and O–H groups in total. The van der Waals surface area contributed by atoms with Gasteiger partial charge in [-0.15, -0.1) is 0 Å². The Morgan fingerprint density at radius 1 is 1.40 bits per heavy atom. The Kier molecular flexibility index (Phi) is 2.44. The van der Waals surface area contributed by atoms with E-state index < -0.39 is 0 Å². The quantitative estimate of drug-likeness (QED) is 0.818. The molecule has 0 saturated carbocycles. The lowest BCUT2D eigenvalue weighted by atomic mass is 9.99. The number of nitrogens with one attached hydrogen (secondary N) is 1. The highest BCUT2D eigenvalue weighted by Crippen LogP contribution is 2.13. The molecule has 0 aliphatic carbocycles. The Labute approximate surface area is 89.4 Å². The molecule has 2 aromatic heterocycles. The van der Waals surface area contributed by atoms with Crippen LogP contribution in [0.4, 0.5) is 0 Å². The summed E-state index contributed by atoms with van der Waals surface area (Å²) in [6, 6.07) is 0. The second kappa shape index (κ2) is 3.62. The minimum Gasteiger partial charge on any atom is -0.314 e. The van der Waals surface area contributed by atoms with Gasteiger partial charge < -0.3 is 9.72 Å². The second-order valence-electron chi connectivity index (χ2n) is 4.36. The van der Waals surface area contributed by atoms with Gasteiger partial charge in [0.2, 0.25) is 0 Å². The first-order valence-corrected chi connectivity index (χ1v) is 5.07. The van der Waals surface area contributed by atoms with E-state index in [9.17, 15) is 0 Å². The minimum atomic E-state index is 0.0826. The molecule has 0 radical (unpaired) electrons. The van der Waals surface area contributed by atoms with Crippen molar-refractivity contribution in [3.05, 3.63) is 30.5 Å². The predicted octanol–water partition coefficient (Wildman–Crippen LogP) is 1.27. The molecule has 2 aromatic rings. The summed E-state index contributed by atoms with van der Waals surface area (Å²) < 4.78 is 2.08. The molecular weight excluding hydrogens is 188 g/mol. The van der Waals surface area contributed by atoms with Crippen LogP contribution < -0.4 is 5.32 Å². The van der Waals surface area contributed by atoms with Crippen LogP contribution in [0.1, 0.15) is 19.5 Å². The van der Waals surface area contributed by atoms with Gasteiger partial charge in [0.1, 0.15) is 0 Å². The zero-order chi connectivity index (χ0) is 10.9. The SMILES string of the molecule is CNC(C)(C)Cc1cnc2cnccn12. The molecule has 15 heavy (non-hydrogen) atoms. The topological polar surface area (TPSA) is 42.2 Å². The summed E-state index contributed by atoms with van der Waals surface area (Å²) in [5.74, 6) is 0. The van der Waals surface area contributed by atoms with Gasteiger partial charge in [-0.05, 0) is 20.9 Å². The highest BCUT2D eigenvalue weighted by molar-refractivity contribution is 5.37. The third-order valence-corrected chi connectivity index (χ3v) is 2.69. The van der Waals surface area contributed by atoms with Gasteiger partial charge in [-0.1, -0.05) is 0 Å². The average Bonchev–Trinajstić information content (AvgIpc) is 2.62. The van der Waals surface area contributed by atoms with E-state index in [1.807, 2.05) is 19.4 Å². The molecule has 0 aliphatic heterocycles. The first-order chi connectivity index (χ1) is 7.12. The van der Waals surface area contributed by atoms with Crippen LogP contribution in [0.3, 0.4) is 0 Å². The fourth-order valence-electron chi connectivity index (χ4n) is 1.57. The van der Waals surface area contributed by atoms with Crippen LogP contribution in [-0.2, 0) is 6.42 Å². The predicted molar refractivity (Wildman–Crippen MR) is 59.8 cm³/mol. The van der Waals surface area contributed by atoms with E-state index in [0.29, 0.717) is 0 Å². The number of hydrogen-bond acceptors (Lipinski definition) is 3. The smallest absolute Gasteiger partial charge is 0.155 e. The third-order valence-electron chi connectivity index (χ3n) is 2.69. The number of fused-ring (bicyclic) bond motifs is 1. The molecule has 4 heteroatoms. The molecule has 4 nitrogen and oxygen atoms in total. The molecule has 0 bridgehead atoms. The Morgan fingerprint density at radius 2 is 2.20 bits per heavy atom. The van der Waals surface area contributed by atoms with Gasteiger partial charge >= 0.3 is 0 Å². The zero-order valence-corrected chi connectivity index (χ0v) is 9.36. The van der Waals surface area contributed by atoms with E-state index in [4.69, 9.17) is 0 Å². The van der Waals surface area contributed by atoms with Crippen LogP contribution in [0.25, 0.3) is 5.65 Å². The number of rotatable bonds is 3. The van der Waals surface area contributed by atoms with Crippen molar-refractivity contribution in [1.82, 2.24) is 19.7 Å². The van der Waals surface area contributed by atoms with E-state index >= 15 is 0 Å². The lowest BCUT2D eigenvalue weighted by Crippen LogP contribution is -2.38. The van der Waals surface area contributed by atoms with Crippen molar-refractivity contribution in [2.24, 2.45) is 0 Å². The maximum atomic E-state index is 4.31. The second-order valence-corrected chi connectivity index (χ2v) is 4.36. The first kappa shape index (κ1) is 10.1. The molecule has 0 unspecified atom stereocenters. The van der Waals surface area contributed by atoms with Crippen molar-refractivity contribution in [1.29, 1.82) is 0 Å². The number of hydrogen-bond donors (Lipinski definition) is 1. The van der Waals surface area contributed by atoms with Gasteiger partial charge in [0, 0.05) is 36.2 Å². The number of aromatic nitrogens is 3. The summed E-state index contributed by atoms with van der Waals surface area (Å²) in [5, 5.41) is 3.29. The summed E-state index contributed by atoms with van der Waals surface area (Å²) in [6.45, 7) is 4.35. The monoisotopic (exact) mass is 204 g/mol. The average molecular weight is 204 g/mol. The van der Waals surface area contributed by atoms with Gasteiger partial charge in [0.05, 0.1) is 6.20 Å². The molecule has 0 aliphatic rings. The molecule has 2 heterocycles. The normalized spacial score (nSPS) is 12.2. The Hall–Kier alpha value is -1.42. The van der Waals surface area contributed by atoms with Crippen LogP contribution in [-0.4, -0.2) is 27.0 Å². The fraction of sp³-hybridized carbons (Fsp3) is 0.455. The maximum absolute atomic E-state index is 4.31. The number of likely N-dealkylation sites (N-methyl/N-ethyl adjacent to an activating group) is 1. The highest BCUT2D eigenvalue weighted by atomic mass is 15.0. The summed E-state index contributed by atoms with van der Waals surface area (Å²) in [5.41, 5.74) is 2.19. The van der Waals surface area contributed by atoms with E-state index in [2.05, 4.69) is 33.5 Å². The van der Waals surface area contributed by atoms with Gasteiger partial charge in [-0.2, -0.15) is 0 Å². The van der Waals surface area contributed by atoms with Crippen LogP contribution in [0.5, 0.6) is 0 Å². The standard InChI is InChI=1S/C11H16N4/c1-11(2,12-3)6-9-7-14-10-8-13-4-5-15(9)10/h4-5,7-8,12H,6H2,1-3H3.